The lowest BCUT2D eigenvalue weighted by molar-refractivity contribution is -0.138. The van der Waals surface area contributed by atoms with Gasteiger partial charge in [-0.25, -0.2) is 14.4 Å². The molecule has 5 aromatic rings. The number of carboxylic acid groups (broad SMARTS) is 1. The quantitative estimate of drug-likeness (QED) is 0.210. The van der Waals surface area contributed by atoms with Crippen LogP contribution in [0.5, 0.6) is 0 Å². The number of carboxylic acids is 1. The molecule has 4 heterocycles. The molecular weight excluding hydrogens is 571 g/mol. The topological polar surface area (TPSA) is 123 Å². The Morgan fingerprint density at radius 3 is 2.47 bits per heavy atom. The molecule has 1 fully saturated rings. The third-order valence-corrected chi connectivity index (χ3v) is 8.19. The Balaban J connectivity index is 1.27. The van der Waals surface area contributed by atoms with E-state index in [4.69, 9.17) is 16.7 Å². The minimum Gasteiger partial charge on any atom is -0.480 e. The molecule has 0 bridgehead atoms. The number of H-pyrrole nitrogens is 1. The number of fused-ring (bicyclic) bond motifs is 1. The van der Waals surface area contributed by atoms with Gasteiger partial charge in [-0.15, -0.1) is 0 Å². The SMILES string of the molecule is Cc1nc2ccc(-c3cnc(N4CCN(CC(=O)O)CC4)nc3)cc2c(N[C@H](C)c2cc(-c3cn[nH]c3)ccc2F)c1Cl. The molecule has 6 rings (SSSR count). The number of aromatic amines is 1. The zero-order chi connectivity index (χ0) is 30.1. The van der Waals surface area contributed by atoms with Gasteiger partial charge in [0.15, 0.2) is 0 Å². The van der Waals surface area contributed by atoms with Crippen LogP contribution in [0.2, 0.25) is 5.02 Å². The number of nitrogens with one attached hydrogen (secondary N) is 2. The highest BCUT2D eigenvalue weighted by molar-refractivity contribution is 6.35. The average molecular weight is 601 g/mol. The van der Waals surface area contributed by atoms with Crippen molar-refractivity contribution in [3.63, 3.8) is 0 Å². The molecule has 10 nitrogen and oxygen atoms in total. The second-order valence-electron chi connectivity index (χ2n) is 10.6. The zero-order valence-corrected chi connectivity index (χ0v) is 24.4. The monoisotopic (exact) mass is 600 g/mol. The first kappa shape index (κ1) is 28.5. The van der Waals surface area contributed by atoms with Gasteiger partial charge in [-0.05, 0) is 49.2 Å². The molecule has 0 aliphatic carbocycles. The Morgan fingerprint density at radius 2 is 1.77 bits per heavy atom. The number of aliphatic carboxylic acids is 1. The molecular formula is C31H30ClFN8O2. The summed E-state index contributed by atoms with van der Waals surface area (Å²) in [6.45, 7) is 6.38. The van der Waals surface area contributed by atoms with Gasteiger partial charge in [-0.1, -0.05) is 23.7 Å². The minimum atomic E-state index is -0.823. The highest BCUT2D eigenvalue weighted by atomic mass is 35.5. The van der Waals surface area contributed by atoms with Crippen LogP contribution in [0, 0.1) is 12.7 Å². The zero-order valence-electron chi connectivity index (χ0n) is 23.7. The average Bonchev–Trinajstić information content (AvgIpc) is 3.55. The first-order valence-electron chi connectivity index (χ1n) is 13.9. The lowest BCUT2D eigenvalue weighted by Gasteiger charge is -2.33. The van der Waals surface area contributed by atoms with Crippen LogP contribution in [-0.2, 0) is 4.79 Å². The van der Waals surface area contributed by atoms with Gasteiger partial charge in [0.25, 0.3) is 0 Å². The van der Waals surface area contributed by atoms with E-state index in [0.717, 1.165) is 33.2 Å². The predicted molar refractivity (Wildman–Crippen MR) is 165 cm³/mol. The van der Waals surface area contributed by atoms with E-state index < -0.39 is 12.0 Å². The summed E-state index contributed by atoms with van der Waals surface area (Å²) in [7, 11) is 0. The van der Waals surface area contributed by atoms with Gasteiger partial charge < -0.3 is 15.3 Å². The van der Waals surface area contributed by atoms with Crippen LogP contribution < -0.4 is 10.2 Å². The van der Waals surface area contributed by atoms with Crippen molar-refractivity contribution in [1.29, 1.82) is 0 Å². The fraction of sp³-hybridized carbons (Fsp3) is 0.258. The fourth-order valence-corrected chi connectivity index (χ4v) is 5.57. The first-order valence-corrected chi connectivity index (χ1v) is 14.3. The van der Waals surface area contributed by atoms with E-state index >= 15 is 4.39 Å². The largest absolute Gasteiger partial charge is 0.480 e. The third kappa shape index (κ3) is 5.99. The molecule has 2 aromatic carbocycles. The molecule has 1 atom stereocenters. The van der Waals surface area contributed by atoms with Gasteiger partial charge in [0, 0.05) is 66.8 Å². The fourth-order valence-electron chi connectivity index (χ4n) is 5.37. The molecule has 0 spiro atoms. The molecule has 1 saturated heterocycles. The van der Waals surface area contributed by atoms with Gasteiger partial charge in [0.1, 0.15) is 5.82 Å². The summed E-state index contributed by atoms with van der Waals surface area (Å²) in [6.07, 6.45) is 7.03. The number of hydrogen-bond donors (Lipinski definition) is 3. The standard InChI is InChI=1S/C31H30ClFN8O2/c1-18(24-11-20(3-5-26(24)33)23-15-36-37-16-23)39-30-25-12-21(4-6-27(25)38-19(2)29(30)32)22-13-34-31(35-14-22)41-9-7-40(8-10-41)17-28(42)43/h3-6,11-16,18H,7-10,17H2,1-2H3,(H,36,37)(H,38,39)(H,42,43)/t18-/m1/s1. The van der Waals surface area contributed by atoms with Crippen LogP contribution in [0.4, 0.5) is 16.0 Å². The number of aryl methyl sites for hydroxylation is 1. The van der Waals surface area contributed by atoms with Crippen LogP contribution in [0.1, 0.15) is 24.2 Å². The van der Waals surface area contributed by atoms with Gasteiger partial charge in [0.2, 0.25) is 5.95 Å². The molecule has 3 N–H and O–H groups in total. The summed E-state index contributed by atoms with van der Waals surface area (Å²) < 4.78 is 15.0. The first-order chi connectivity index (χ1) is 20.8. The van der Waals surface area contributed by atoms with Crippen molar-refractivity contribution in [1.82, 2.24) is 30.0 Å². The van der Waals surface area contributed by atoms with Gasteiger partial charge >= 0.3 is 5.97 Å². The van der Waals surface area contributed by atoms with Crippen molar-refractivity contribution in [3.05, 3.63) is 83.3 Å². The number of halogens is 2. The molecule has 1 aliphatic heterocycles. The maximum Gasteiger partial charge on any atom is 0.317 e. The van der Waals surface area contributed by atoms with Crippen LogP contribution in [0.3, 0.4) is 0 Å². The minimum absolute atomic E-state index is 0.0379. The third-order valence-electron chi connectivity index (χ3n) is 7.73. The summed E-state index contributed by atoms with van der Waals surface area (Å²) in [6, 6.07) is 10.5. The van der Waals surface area contributed by atoms with Crippen LogP contribution in [0.25, 0.3) is 33.2 Å². The number of anilines is 2. The summed E-state index contributed by atoms with van der Waals surface area (Å²) in [5.41, 5.74) is 6.03. The van der Waals surface area contributed by atoms with Crippen molar-refractivity contribution in [3.8, 4) is 22.3 Å². The van der Waals surface area contributed by atoms with E-state index in [1.165, 1.54) is 6.07 Å². The van der Waals surface area contributed by atoms with Crippen LogP contribution in [-0.4, -0.2) is 73.8 Å². The molecule has 0 amide bonds. The van der Waals surface area contributed by atoms with E-state index in [1.54, 1.807) is 30.9 Å². The Bertz CT molecular complexity index is 1770. The number of piperazine rings is 1. The van der Waals surface area contributed by atoms with E-state index in [9.17, 15) is 4.79 Å². The molecule has 43 heavy (non-hydrogen) atoms. The van der Waals surface area contributed by atoms with E-state index in [1.807, 2.05) is 43.0 Å². The molecule has 220 valence electrons. The van der Waals surface area contributed by atoms with E-state index in [2.05, 4.69) is 35.4 Å². The highest BCUT2D eigenvalue weighted by Gasteiger charge is 2.21. The predicted octanol–water partition coefficient (Wildman–Crippen LogP) is 5.56. The summed E-state index contributed by atoms with van der Waals surface area (Å²) in [5, 5.41) is 20.6. The van der Waals surface area contributed by atoms with Crippen molar-refractivity contribution in [2.24, 2.45) is 0 Å². The lowest BCUT2D eigenvalue weighted by atomic mass is 10.00. The van der Waals surface area contributed by atoms with Crippen LogP contribution >= 0.6 is 11.6 Å². The Kier molecular flexibility index (Phi) is 7.92. The summed E-state index contributed by atoms with van der Waals surface area (Å²) >= 11 is 6.80. The Labute approximate surface area is 252 Å². The Hall–Kier alpha value is -4.61. The van der Waals surface area contributed by atoms with Gasteiger partial charge in [0.05, 0.1) is 40.7 Å². The molecule has 0 saturated carbocycles. The molecule has 3 aromatic heterocycles. The number of aromatic nitrogens is 5. The summed E-state index contributed by atoms with van der Waals surface area (Å²) in [4.78, 5) is 28.8. The van der Waals surface area contributed by atoms with Crippen molar-refractivity contribution >= 4 is 40.1 Å². The maximum atomic E-state index is 15.0. The maximum absolute atomic E-state index is 15.0. The van der Waals surface area contributed by atoms with Gasteiger partial charge in [-0.3, -0.25) is 19.8 Å². The number of pyridine rings is 1. The lowest BCUT2D eigenvalue weighted by Crippen LogP contribution is -2.48. The number of nitrogens with zero attached hydrogens (tertiary/aromatic N) is 6. The summed E-state index contributed by atoms with van der Waals surface area (Å²) in [5.74, 6) is -0.536. The van der Waals surface area contributed by atoms with Crippen molar-refractivity contribution < 1.29 is 14.3 Å². The second kappa shape index (κ2) is 11.9. The highest BCUT2D eigenvalue weighted by Crippen LogP contribution is 2.37. The van der Waals surface area contributed by atoms with Crippen molar-refractivity contribution in [2.75, 3.05) is 42.9 Å². The number of rotatable bonds is 8. The number of benzene rings is 2. The second-order valence-corrected chi connectivity index (χ2v) is 11.0. The molecule has 12 heteroatoms. The smallest absolute Gasteiger partial charge is 0.317 e. The van der Waals surface area contributed by atoms with E-state index in [0.29, 0.717) is 54.1 Å². The van der Waals surface area contributed by atoms with E-state index in [-0.39, 0.29) is 12.4 Å². The normalized spacial score (nSPS) is 14.7. The number of carbonyl (C=O) groups is 1. The van der Waals surface area contributed by atoms with Crippen LogP contribution in [0.15, 0.2) is 61.2 Å². The molecule has 0 radical (unpaired) electrons. The molecule has 0 unspecified atom stereocenters. The number of hydrogen-bond acceptors (Lipinski definition) is 8. The van der Waals surface area contributed by atoms with Crippen molar-refractivity contribution in [2.45, 2.75) is 19.9 Å². The Morgan fingerprint density at radius 1 is 1.05 bits per heavy atom. The molecule has 1 aliphatic rings. The van der Waals surface area contributed by atoms with Gasteiger partial charge in [-0.2, -0.15) is 5.10 Å².